The van der Waals surface area contributed by atoms with E-state index >= 15 is 0 Å². The van der Waals surface area contributed by atoms with E-state index in [4.69, 9.17) is 11.6 Å². The Kier molecular flexibility index (Phi) is 4.37. The number of hydrogen-bond donors (Lipinski definition) is 1. The van der Waals surface area contributed by atoms with Gasteiger partial charge in [0.15, 0.2) is 0 Å². The summed E-state index contributed by atoms with van der Waals surface area (Å²) in [5.41, 5.74) is 0.558. The van der Waals surface area contributed by atoms with Crippen molar-refractivity contribution in [2.45, 2.75) is 13.0 Å². The molecule has 3 nitrogen and oxygen atoms in total. The number of hydrogen-bond acceptors (Lipinski definition) is 3. The molecule has 1 aromatic carbocycles. The predicted octanol–water partition coefficient (Wildman–Crippen LogP) is 4.05. The molecular weight excluding hydrogens is 336 g/mol. The second-order valence-electron chi connectivity index (χ2n) is 3.69. The van der Waals surface area contributed by atoms with E-state index in [1.165, 1.54) is 11.3 Å². The van der Waals surface area contributed by atoms with E-state index in [9.17, 15) is 4.79 Å². The predicted molar refractivity (Wildman–Crippen MR) is 77.1 cm³/mol. The zero-order valence-corrected chi connectivity index (χ0v) is 12.6. The molecule has 18 heavy (non-hydrogen) atoms. The monoisotopic (exact) mass is 344 g/mol. The van der Waals surface area contributed by atoms with Crippen molar-refractivity contribution in [3.63, 3.8) is 0 Å². The first-order valence-electron chi connectivity index (χ1n) is 5.23. The van der Waals surface area contributed by atoms with E-state index < -0.39 is 0 Å². The van der Waals surface area contributed by atoms with Crippen molar-refractivity contribution in [3.8, 4) is 0 Å². The molecule has 0 aliphatic carbocycles. The maximum Gasteiger partial charge on any atom is 0.252 e. The second kappa shape index (κ2) is 5.82. The van der Waals surface area contributed by atoms with E-state index in [1.54, 1.807) is 24.4 Å². The minimum Gasteiger partial charge on any atom is -0.343 e. The molecule has 2 aromatic rings. The summed E-state index contributed by atoms with van der Waals surface area (Å²) in [5, 5.41) is 6.25. The van der Waals surface area contributed by atoms with Gasteiger partial charge in [0.1, 0.15) is 5.01 Å². The van der Waals surface area contributed by atoms with Crippen LogP contribution >= 0.6 is 38.9 Å². The van der Waals surface area contributed by atoms with E-state index in [2.05, 4.69) is 26.2 Å². The van der Waals surface area contributed by atoms with Gasteiger partial charge >= 0.3 is 0 Å². The molecule has 94 valence electrons. The molecule has 0 saturated heterocycles. The second-order valence-corrected chi connectivity index (χ2v) is 5.91. The van der Waals surface area contributed by atoms with Crippen LogP contribution in [0, 0.1) is 0 Å². The van der Waals surface area contributed by atoms with Crippen molar-refractivity contribution in [3.05, 3.63) is 49.8 Å². The van der Waals surface area contributed by atoms with Crippen LogP contribution < -0.4 is 5.32 Å². The number of carbonyl (C=O) groups excluding carboxylic acids is 1. The molecule has 0 spiro atoms. The SMILES string of the molecule is C[C@H](NC(=O)c1ccc(Cl)cc1Br)c1nccs1. The fourth-order valence-corrected chi connectivity index (χ4v) is 2.97. The highest BCUT2D eigenvalue weighted by Crippen LogP contribution is 2.22. The summed E-state index contributed by atoms with van der Waals surface area (Å²) in [6.07, 6.45) is 1.72. The summed E-state index contributed by atoms with van der Waals surface area (Å²) in [7, 11) is 0. The lowest BCUT2D eigenvalue weighted by Gasteiger charge is -2.12. The molecule has 0 unspecified atom stereocenters. The van der Waals surface area contributed by atoms with Crippen LogP contribution in [-0.4, -0.2) is 10.9 Å². The summed E-state index contributed by atoms with van der Waals surface area (Å²) in [4.78, 5) is 16.2. The minimum atomic E-state index is -0.152. The Labute approximate surface area is 122 Å². The maximum absolute atomic E-state index is 12.1. The number of benzene rings is 1. The average Bonchev–Trinajstić information content (AvgIpc) is 2.81. The van der Waals surface area contributed by atoms with Crippen LogP contribution in [0.2, 0.25) is 5.02 Å². The van der Waals surface area contributed by atoms with E-state index in [0.717, 1.165) is 5.01 Å². The van der Waals surface area contributed by atoms with Crippen LogP contribution in [0.3, 0.4) is 0 Å². The van der Waals surface area contributed by atoms with Crippen LogP contribution in [0.1, 0.15) is 28.3 Å². The third-order valence-corrected chi connectivity index (χ3v) is 4.19. The molecule has 2 rings (SSSR count). The standard InChI is InChI=1S/C12H10BrClN2OS/c1-7(12-15-4-5-18-12)16-11(17)9-3-2-8(14)6-10(9)13/h2-7H,1H3,(H,16,17)/t7-/m0/s1. The van der Waals surface area contributed by atoms with Gasteiger partial charge in [-0.25, -0.2) is 4.98 Å². The van der Waals surface area contributed by atoms with Gasteiger partial charge in [0.2, 0.25) is 0 Å². The first kappa shape index (κ1) is 13.5. The Hall–Kier alpha value is -0.910. The highest BCUT2D eigenvalue weighted by atomic mass is 79.9. The molecule has 1 N–H and O–H groups in total. The smallest absolute Gasteiger partial charge is 0.252 e. The Morgan fingerprint density at radius 3 is 2.94 bits per heavy atom. The molecule has 0 bridgehead atoms. The number of carbonyl (C=O) groups is 1. The molecule has 1 heterocycles. The number of nitrogens with zero attached hydrogens (tertiary/aromatic N) is 1. The van der Waals surface area contributed by atoms with E-state index in [0.29, 0.717) is 15.1 Å². The first-order valence-corrected chi connectivity index (χ1v) is 7.28. The highest BCUT2D eigenvalue weighted by Gasteiger charge is 2.15. The molecule has 0 fully saturated rings. The number of thiazole rings is 1. The van der Waals surface area contributed by atoms with Crippen LogP contribution in [-0.2, 0) is 0 Å². The van der Waals surface area contributed by atoms with Crippen molar-refractivity contribution in [2.24, 2.45) is 0 Å². The third-order valence-electron chi connectivity index (χ3n) is 2.35. The quantitative estimate of drug-likeness (QED) is 0.912. The third kappa shape index (κ3) is 3.10. The van der Waals surface area contributed by atoms with Gasteiger partial charge in [-0.1, -0.05) is 11.6 Å². The normalized spacial score (nSPS) is 12.2. The topological polar surface area (TPSA) is 42.0 Å². The Bertz CT molecular complexity index is 559. The largest absolute Gasteiger partial charge is 0.343 e. The van der Waals surface area contributed by atoms with Gasteiger partial charge in [-0.3, -0.25) is 4.79 Å². The number of amides is 1. The van der Waals surface area contributed by atoms with Crippen LogP contribution in [0.15, 0.2) is 34.2 Å². The summed E-state index contributed by atoms with van der Waals surface area (Å²) in [5.74, 6) is -0.152. The van der Waals surface area contributed by atoms with Gasteiger partial charge in [-0.15, -0.1) is 11.3 Å². The first-order chi connectivity index (χ1) is 8.58. The zero-order valence-electron chi connectivity index (χ0n) is 9.48. The molecule has 1 amide bonds. The molecule has 1 atom stereocenters. The molecule has 1 aromatic heterocycles. The minimum absolute atomic E-state index is 0.111. The summed E-state index contributed by atoms with van der Waals surface area (Å²) >= 11 is 10.7. The maximum atomic E-state index is 12.1. The molecular formula is C12H10BrClN2OS. The fourth-order valence-electron chi connectivity index (χ4n) is 1.46. The average molecular weight is 346 g/mol. The van der Waals surface area contributed by atoms with Crippen molar-refractivity contribution in [1.29, 1.82) is 0 Å². The molecule has 0 aliphatic rings. The van der Waals surface area contributed by atoms with Crippen molar-refractivity contribution in [1.82, 2.24) is 10.3 Å². The van der Waals surface area contributed by atoms with E-state index in [1.807, 2.05) is 12.3 Å². The summed E-state index contributed by atoms with van der Waals surface area (Å²) in [6, 6.07) is 4.97. The molecule has 6 heteroatoms. The Balaban J connectivity index is 2.12. The van der Waals surface area contributed by atoms with Gasteiger partial charge in [0, 0.05) is 21.1 Å². The molecule has 0 saturated carbocycles. The van der Waals surface area contributed by atoms with Gasteiger partial charge in [0.05, 0.1) is 11.6 Å². The lowest BCUT2D eigenvalue weighted by atomic mass is 10.2. The van der Waals surface area contributed by atoms with Crippen molar-refractivity contribution >= 4 is 44.8 Å². The summed E-state index contributed by atoms with van der Waals surface area (Å²) < 4.78 is 0.679. The lowest BCUT2D eigenvalue weighted by Crippen LogP contribution is -2.26. The van der Waals surface area contributed by atoms with Gasteiger partial charge in [0.25, 0.3) is 5.91 Å². The van der Waals surface area contributed by atoms with Crippen molar-refractivity contribution < 1.29 is 4.79 Å². The number of nitrogens with one attached hydrogen (secondary N) is 1. The van der Waals surface area contributed by atoms with Crippen LogP contribution in [0.4, 0.5) is 0 Å². The Morgan fingerprint density at radius 1 is 1.56 bits per heavy atom. The molecule has 0 radical (unpaired) electrons. The number of aromatic nitrogens is 1. The van der Waals surface area contributed by atoms with Crippen molar-refractivity contribution in [2.75, 3.05) is 0 Å². The summed E-state index contributed by atoms with van der Waals surface area (Å²) in [6.45, 7) is 1.90. The van der Waals surface area contributed by atoms with E-state index in [-0.39, 0.29) is 11.9 Å². The van der Waals surface area contributed by atoms with Crippen LogP contribution in [0.25, 0.3) is 0 Å². The van der Waals surface area contributed by atoms with Gasteiger partial charge in [-0.05, 0) is 41.1 Å². The Morgan fingerprint density at radius 2 is 2.33 bits per heavy atom. The number of halogens is 2. The fraction of sp³-hybridized carbons (Fsp3) is 0.167. The molecule has 0 aliphatic heterocycles. The number of rotatable bonds is 3. The van der Waals surface area contributed by atoms with Crippen LogP contribution in [0.5, 0.6) is 0 Å². The zero-order chi connectivity index (χ0) is 13.1. The van der Waals surface area contributed by atoms with Gasteiger partial charge < -0.3 is 5.32 Å². The lowest BCUT2D eigenvalue weighted by molar-refractivity contribution is 0.0939. The van der Waals surface area contributed by atoms with Gasteiger partial charge in [-0.2, -0.15) is 0 Å². The highest BCUT2D eigenvalue weighted by molar-refractivity contribution is 9.10.